The van der Waals surface area contributed by atoms with E-state index in [-0.39, 0.29) is 0 Å². The standard InChI is InChI=1S/C25H34N4/c1-2-20-6-8-21(9-7-20)23-10-11-24(27-26-23)29-18-14-25(15-19-29)12-16-28(17-13-25)22-4-3-5-22/h6-11,22H,2-5,12-19H2,1H3. The number of nitrogens with zero attached hydrogens (tertiary/aromatic N) is 4. The predicted octanol–water partition coefficient (Wildman–Crippen LogP) is 4.94. The largest absolute Gasteiger partial charge is 0.355 e. The predicted molar refractivity (Wildman–Crippen MR) is 119 cm³/mol. The van der Waals surface area contributed by atoms with E-state index in [2.05, 4.69) is 63.3 Å². The van der Waals surface area contributed by atoms with Crippen molar-refractivity contribution >= 4 is 5.82 Å². The van der Waals surface area contributed by atoms with Gasteiger partial charge in [-0.2, -0.15) is 0 Å². The Morgan fingerprint density at radius 2 is 1.55 bits per heavy atom. The molecule has 0 atom stereocenters. The second-order valence-electron chi connectivity index (χ2n) is 9.43. The number of rotatable bonds is 4. The van der Waals surface area contributed by atoms with E-state index in [4.69, 9.17) is 0 Å². The van der Waals surface area contributed by atoms with E-state index in [1.54, 1.807) is 0 Å². The highest BCUT2D eigenvalue weighted by Crippen LogP contribution is 2.43. The van der Waals surface area contributed by atoms with Gasteiger partial charge in [0.15, 0.2) is 5.82 Å². The lowest BCUT2D eigenvalue weighted by atomic mass is 9.70. The minimum atomic E-state index is 0.588. The van der Waals surface area contributed by atoms with Gasteiger partial charge in [-0.3, -0.25) is 0 Å². The molecule has 1 saturated carbocycles. The fourth-order valence-electron chi connectivity index (χ4n) is 5.38. The molecule has 2 saturated heterocycles. The maximum atomic E-state index is 4.58. The van der Waals surface area contributed by atoms with Crippen LogP contribution in [0.3, 0.4) is 0 Å². The third-order valence-electron chi connectivity index (χ3n) is 7.91. The molecule has 2 aromatic rings. The molecule has 154 valence electrons. The van der Waals surface area contributed by atoms with Crippen LogP contribution >= 0.6 is 0 Å². The molecule has 0 amide bonds. The summed E-state index contributed by atoms with van der Waals surface area (Å²) in [5.74, 6) is 1.04. The number of likely N-dealkylation sites (tertiary alicyclic amines) is 1. The number of benzene rings is 1. The Bertz CT molecular complexity index is 792. The molecule has 1 aliphatic carbocycles. The molecule has 4 nitrogen and oxygen atoms in total. The summed E-state index contributed by atoms with van der Waals surface area (Å²) in [5.41, 5.74) is 4.06. The summed E-state index contributed by atoms with van der Waals surface area (Å²) in [4.78, 5) is 5.22. The minimum absolute atomic E-state index is 0.588. The second kappa shape index (κ2) is 8.06. The van der Waals surface area contributed by atoms with Crippen LogP contribution in [0.4, 0.5) is 5.82 Å². The van der Waals surface area contributed by atoms with Gasteiger partial charge in [-0.1, -0.05) is 37.6 Å². The van der Waals surface area contributed by atoms with Crippen LogP contribution in [0.25, 0.3) is 11.3 Å². The van der Waals surface area contributed by atoms with Crippen molar-refractivity contribution in [2.75, 3.05) is 31.1 Å². The van der Waals surface area contributed by atoms with Crippen LogP contribution in [0.5, 0.6) is 0 Å². The summed E-state index contributed by atoms with van der Waals surface area (Å²) < 4.78 is 0. The molecule has 29 heavy (non-hydrogen) atoms. The highest BCUT2D eigenvalue weighted by molar-refractivity contribution is 5.60. The Morgan fingerprint density at radius 1 is 0.862 bits per heavy atom. The average molecular weight is 391 g/mol. The van der Waals surface area contributed by atoms with Crippen LogP contribution in [-0.2, 0) is 6.42 Å². The number of anilines is 1. The van der Waals surface area contributed by atoms with E-state index < -0.39 is 0 Å². The molecule has 4 heteroatoms. The monoisotopic (exact) mass is 390 g/mol. The lowest BCUT2D eigenvalue weighted by Gasteiger charge is -2.50. The van der Waals surface area contributed by atoms with Gasteiger partial charge in [-0.15, -0.1) is 10.2 Å². The molecule has 0 N–H and O–H groups in total. The molecule has 3 aliphatic rings. The molecule has 0 bridgehead atoms. The molecule has 2 aliphatic heterocycles. The van der Waals surface area contributed by atoms with Gasteiger partial charge in [0, 0.05) is 24.7 Å². The highest BCUT2D eigenvalue weighted by Gasteiger charge is 2.39. The quantitative estimate of drug-likeness (QED) is 0.740. The van der Waals surface area contributed by atoms with Gasteiger partial charge in [0.05, 0.1) is 5.69 Å². The highest BCUT2D eigenvalue weighted by atomic mass is 15.3. The van der Waals surface area contributed by atoms with E-state index in [1.807, 2.05) is 0 Å². The molecule has 3 fully saturated rings. The van der Waals surface area contributed by atoms with Gasteiger partial charge < -0.3 is 9.80 Å². The molecule has 1 aromatic heterocycles. The molecule has 1 spiro atoms. The summed E-state index contributed by atoms with van der Waals surface area (Å²) in [5, 5.41) is 9.11. The average Bonchev–Trinajstić information content (AvgIpc) is 2.75. The van der Waals surface area contributed by atoms with Gasteiger partial charge in [-0.25, -0.2) is 0 Å². The van der Waals surface area contributed by atoms with Crippen LogP contribution < -0.4 is 4.90 Å². The van der Waals surface area contributed by atoms with Crippen molar-refractivity contribution in [3.8, 4) is 11.3 Å². The van der Waals surface area contributed by atoms with Crippen LogP contribution in [-0.4, -0.2) is 47.3 Å². The zero-order chi connectivity index (χ0) is 19.7. The Labute approximate surface area is 175 Å². The fourth-order valence-corrected chi connectivity index (χ4v) is 5.38. The summed E-state index contributed by atoms with van der Waals surface area (Å²) in [7, 11) is 0. The van der Waals surface area contributed by atoms with Crippen molar-refractivity contribution < 1.29 is 0 Å². The lowest BCUT2D eigenvalue weighted by molar-refractivity contribution is 0.0305. The first-order valence-corrected chi connectivity index (χ1v) is 11.7. The van der Waals surface area contributed by atoms with Gasteiger partial charge in [-0.05, 0) is 81.1 Å². The number of aryl methyl sites for hydroxylation is 1. The normalized spacial score (nSPS) is 22.6. The molecule has 5 rings (SSSR count). The second-order valence-corrected chi connectivity index (χ2v) is 9.43. The van der Waals surface area contributed by atoms with E-state index in [0.717, 1.165) is 42.6 Å². The Balaban J connectivity index is 1.17. The summed E-state index contributed by atoms with van der Waals surface area (Å²) >= 11 is 0. The van der Waals surface area contributed by atoms with Crippen molar-refractivity contribution in [1.82, 2.24) is 15.1 Å². The third kappa shape index (κ3) is 3.92. The Morgan fingerprint density at radius 3 is 2.10 bits per heavy atom. The molecule has 0 unspecified atom stereocenters. The summed E-state index contributed by atoms with van der Waals surface area (Å²) in [6.45, 7) is 7.10. The smallest absolute Gasteiger partial charge is 0.151 e. The lowest BCUT2D eigenvalue weighted by Crippen LogP contribution is -2.51. The molecule has 1 aromatic carbocycles. The summed E-state index contributed by atoms with van der Waals surface area (Å²) in [6.07, 6.45) is 10.8. The van der Waals surface area contributed by atoms with E-state index >= 15 is 0 Å². The zero-order valence-corrected chi connectivity index (χ0v) is 17.8. The topological polar surface area (TPSA) is 32.3 Å². The van der Waals surface area contributed by atoms with Crippen molar-refractivity contribution in [2.24, 2.45) is 5.41 Å². The van der Waals surface area contributed by atoms with E-state index in [1.165, 1.54) is 63.6 Å². The Hall–Kier alpha value is -1.94. The first kappa shape index (κ1) is 19.0. The maximum Gasteiger partial charge on any atom is 0.151 e. The SMILES string of the molecule is CCc1ccc(-c2ccc(N3CCC4(CC3)CCN(C3CCC3)CC4)nn2)cc1. The van der Waals surface area contributed by atoms with Gasteiger partial charge >= 0.3 is 0 Å². The number of hydrogen-bond acceptors (Lipinski definition) is 4. The third-order valence-corrected chi connectivity index (χ3v) is 7.91. The van der Waals surface area contributed by atoms with Crippen LogP contribution in [0, 0.1) is 5.41 Å². The van der Waals surface area contributed by atoms with E-state index in [0.29, 0.717) is 5.41 Å². The van der Waals surface area contributed by atoms with Crippen molar-refractivity contribution in [2.45, 2.75) is 64.3 Å². The van der Waals surface area contributed by atoms with Gasteiger partial charge in [0.2, 0.25) is 0 Å². The fraction of sp³-hybridized carbons (Fsp3) is 0.600. The number of hydrogen-bond donors (Lipinski definition) is 0. The van der Waals surface area contributed by atoms with E-state index in [9.17, 15) is 0 Å². The maximum absolute atomic E-state index is 4.58. The minimum Gasteiger partial charge on any atom is -0.355 e. The van der Waals surface area contributed by atoms with Crippen molar-refractivity contribution in [1.29, 1.82) is 0 Å². The number of piperidine rings is 2. The first-order valence-electron chi connectivity index (χ1n) is 11.7. The van der Waals surface area contributed by atoms with Crippen LogP contribution in [0.1, 0.15) is 57.4 Å². The first-order chi connectivity index (χ1) is 14.2. The van der Waals surface area contributed by atoms with Crippen LogP contribution in [0.15, 0.2) is 36.4 Å². The van der Waals surface area contributed by atoms with Crippen molar-refractivity contribution in [3.63, 3.8) is 0 Å². The molecular weight excluding hydrogens is 356 g/mol. The molecule has 3 heterocycles. The van der Waals surface area contributed by atoms with Gasteiger partial charge in [0.25, 0.3) is 0 Å². The number of aromatic nitrogens is 2. The molecule has 0 radical (unpaired) electrons. The zero-order valence-electron chi connectivity index (χ0n) is 17.8. The van der Waals surface area contributed by atoms with Crippen molar-refractivity contribution in [3.05, 3.63) is 42.0 Å². The van der Waals surface area contributed by atoms with Crippen LogP contribution in [0.2, 0.25) is 0 Å². The molecular formula is C25H34N4. The summed E-state index contributed by atoms with van der Waals surface area (Å²) in [6, 6.07) is 13.9. The van der Waals surface area contributed by atoms with Gasteiger partial charge in [0.1, 0.15) is 0 Å². The Kier molecular flexibility index (Phi) is 5.29.